The Bertz CT molecular complexity index is 1550. The molecule has 1 aliphatic carbocycles. The first-order chi connectivity index (χ1) is 16.8. The molecule has 0 spiro atoms. The van der Waals surface area contributed by atoms with Crippen LogP contribution in [0.5, 0.6) is 11.5 Å². The van der Waals surface area contributed by atoms with E-state index in [0.717, 1.165) is 32.8 Å². The van der Waals surface area contributed by atoms with Crippen LogP contribution in [0.3, 0.4) is 0 Å². The van der Waals surface area contributed by atoms with Crippen molar-refractivity contribution in [2.24, 2.45) is 4.99 Å². The van der Waals surface area contributed by atoms with Gasteiger partial charge in [-0.15, -0.1) is 42.0 Å². The summed E-state index contributed by atoms with van der Waals surface area (Å²) in [5, 5.41) is 0.921. The van der Waals surface area contributed by atoms with Gasteiger partial charge in [-0.2, -0.15) is 11.3 Å². The molecule has 35 heavy (non-hydrogen) atoms. The molecule has 2 atom stereocenters. The first-order valence-corrected chi connectivity index (χ1v) is 12.0. The topological polar surface area (TPSA) is 43.7 Å². The zero-order chi connectivity index (χ0) is 22.5. The summed E-state index contributed by atoms with van der Waals surface area (Å²) in [4.78, 5) is 9.61. The Morgan fingerprint density at radius 2 is 1.57 bits per heavy atom. The number of thiazole rings is 1. The van der Waals surface area contributed by atoms with Crippen molar-refractivity contribution in [2.45, 2.75) is 18.6 Å². The summed E-state index contributed by atoms with van der Waals surface area (Å²) in [5.41, 5.74) is 5.28. The van der Waals surface area contributed by atoms with Gasteiger partial charge in [0.05, 0.1) is 5.52 Å². The molecule has 0 N–H and O–H groups in total. The molecule has 7 rings (SSSR count). The molecule has 1 aromatic heterocycles. The molecule has 0 saturated carbocycles. The Labute approximate surface area is 221 Å². The maximum atomic E-state index is 6.21. The second kappa shape index (κ2) is 9.07. The SMILES string of the molecule is [Pt+2].[c-]1c(Oc2[c-]c(-c3nc4ccccc4s3)ccc2)cccc1C1=N[C@@H]2c3ccccc3C[C@@H]2O1. The monoisotopic (exact) mass is 653 g/mol. The molecule has 6 heteroatoms. The number of aliphatic imine (C=N–C) groups is 1. The molecular formula is C29H18N2O2PtS. The fraction of sp³-hybridized carbons (Fsp3) is 0.103. The van der Waals surface area contributed by atoms with Crippen molar-refractivity contribution >= 4 is 27.5 Å². The van der Waals surface area contributed by atoms with Crippen molar-refractivity contribution in [2.75, 3.05) is 0 Å². The van der Waals surface area contributed by atoms with Gasteiger partial charge in [0.1, 0.15) is 18.0 Å². The van der Waals surface area contributed by atoms with Gasteiger partial charge in [0.25, 0.3) is 0 Å². The minimum atomic E-state index is 0. The first-order valence-electron chi connectivity index (χ1n) is 11.2. The maximum absolute atomic E-state index is 6.21. The number of ether oxygens (including phenoxy) is 2. The largest absolute Gasteiger partial charge is 2.00 e. The number of para-hydroxylation sites is 1. The Morgan fingerprint density at radius 1 is 0.829 bits per heavy atom. The van der Waals surface area contributed by atoms with Crippen LogP contribution in [0.15, 0.2) is 89.9 Å². The van der Waals surface area contributed by atoms with E-state index >= 15 is 0 Å². The van der Waals surface area contributed by atoms with Crippen LogP contribution in [-0.4, -0.2) is 17.0 Å². The van der Waals surface area contributed by atoms with Crippen LogP contribution in [0.2, 0.25) is 0 Å². The Morgan fingerprint density at radius 3 is 2.43 bits per heavy atom. The van der Waals surface area contributed by atoms with Crippen molar-refractivity contribution in [3.05, 3.63) is 114 Å². The summed E-state index contributed by atoms with van der Waals surface area (Å²) in [5.74, 6) is 1.84. The standard InChI is InChI=1S/C29H18N2O2S.Pt/c1-2-12-23-18(7-1)17-25-27(23)31-28(33-25)19-8-5-10-21(15-19)32-22-11-6-9-20(16-22)29-30-24-13-3-4-14-26(24)34-29;/h1-14,25,27H,17H2;/q-2;+2/t25-,27+;/m0./s1. The van der Waals surface area contributed by atoms with E-state index in [1.165, 1.54) is 11.1 Å². The van der Waals surface area contributed by atoms with E-state index in [4.69, 9.17) is 19.5 Å². The number of aromatic nitrogens is 1. The first kappa shape index (κ1) is 22.2. The number of fused-ring (bicyclic) bond motifs is 4. The summed E-state index contributed by atoms with van der Waals surface area (Å²) in [7, 11) is 0. The Balaban J connectivity index is 0.00000229. The van der Waals surface area contributed by atoms with E-state index in [9.17, 15) is 0 Å². The van der Waals surface area contributed by atoms with E-state index in [0.29, 0.717) is 17.4 Å². The predicted octanol–water partition coefficient (Wildman–Crippen LogP) is 6.80. The third-order valence-corrected chi connectivity index (χ3v) is 7.25. The molecule has 172 valence electrons. The van der Waals surface area contributed by atoms with E-state index in [1.807, 2.05) is 54.6 Å². The third-order valence-electron chi connectivity index (χ3n) is 6.18. The van der Waals surface area contributed by atoms with Crippen molar-refractivity contribution in [3.8, 4) is 22.1 Å². The van der Waals surface area contributed by atoms with Crippen LogP contribution in [0.25, 0.3) is 20.8 Å². The average Bonchev–Trinajstić information content (AvgIpc) is 3.57. The van der Waals surface area contributed by atoms with Crippen molar-refractivity contribution < 1.29 is 30.5 Å². The molecule has 1 aliphatic heterocycles. The van der Waals surface area contributed by atoms with Crippen LogP contribution in [-0.2, 0) is 32.2 Å². The second-order valence-electron chi connectivity index (χ2n) is 8.38. The van der Waals surface area contributed by atoms with Crippen LogP contribution in [0, 0.1) is 12.1 Å². The van der Waals surface area contributed by atoms with Crippen LogP contribution in [0.4, 0.5) is 0 Å². The van der Waals surface area contributed by atoms with Crippen molar-refractivity contribution in [3.63, 3.8) is 0 Å². The summed E-state index contributed by atoms with van der Waals surface area (Å²) in [6, 6.07) is 34.9. The van der Waals surface area contributed by atoms with Gasteiger partial charge in [-0.25, -0.2) is 0 Å². The number of hydrogen-bond donors (Lipinski definition) is 0. The smallest absolute Gasteiger partial charge is 0.514 e. The van der Waals surface area contributed by atoms with Gasteiger partial charge in [0.15, 0.2) is 0 Å². The molecular weight excluding hydrogens is 635 g/mol. The van der Waals surface area contributed by atoms with E-state index in [1.54, 1.807) is 11.3 Å². The zero-order valence-corrected chi connectivity index (χ0v) is 21.5. The van der Waals surface area contributed by atoms with Gasteiger partial charge in [-0.05, 0) is 23.3 Å². The predicted molar refractivity (Wildman–Crippen MR) is 134 cm³/mol. The fourth-order valence-corrected chi connectivity index (χ4v) is 5.55. The second-order valence-corrected chi connectivity index (χ2v) is 9.42. The summed E-state index contributed by atoms with van der Waals surface area (Å²) >= 11 is 1.65. The van der Waals surface area contributed by atoms with Crippen LogP contribution >= 0.6 is 11.3 Å². The van der Waals surface area contributed by atoms with Crippen LogP contribution in [0.1, 0.15) is 22.7 Å². The van der Waals surface area contributed by atoms with Gasteiger partial charge in [0, 0.05) is 27.6 Å². The minimum absolute atomic E-state index is 0. The normalized spacial score (nSPS) is 17.8. The zero-order valence-electron chi connectivity index (χ0n) is 18.4. The number of nitrogens with zero attached hydrogens (tertiary/aromatic N) is 2. The molecule has 4 aromatic carbocycles. The number of benzene rings is 4. The molecule has 4 nitrogen and oxygen atoms in total. The molecule has 2 aliphatic rings. The van der Waals surface area contributed by atoms with E-state index in [2.05, 4.69) is 42.5 Å². The van der Waals surface area contributed by atoms with Gasteiger partial charge in [-0.3, -0.25) is 9.98 Å². The van der Waals surface area contributed by atoms with Crippen molar-refractivity contribution in [1.29, 1.82) is 0 Å². The van der Waals surface area contributed by atoms with Crippen molar-refractivity contribution in [1.82, 2.24) is 4.98 Å². The minimum Gasteiger partial charge on any atom is -0.514 e. The fourth-order valence-electron chi connectivity index (χ4n) is 4.60. The molecule has 0 radical (unpaired) electrons. The van der Waals surface area contributed by atoms with Gasteiger partial charge < -0.3 is 9.47 Å². The third kappa shape index (κ3) is 4.09. The maximum Gasteiger partial charge on any atom is 2.00 e. The summed E-state index contributed by atoms with van der Waals surface area (Å²) < 4.78 is 13.5. The molecule has 0 unspecified atom stereocenters. The summed E-state index contributed by atoms with van der Waals surface area (Å²) in [6.07, 6.45) is 0.946. The van der Waals surface area contributed by atoms with Gasteiger partial charge in [-0.1, -0.05) is 54.1 Å². The molecule has 0 fully saturated rings. The number of rotatable bonds is 4. The molecule has 0 bridgehead atoms. The molecule has 0 saturated heterocycles. The molecule has 0 amide bonds. The van der Waals surface area contributed by atoms with E-state index in [-0.39, 0.29) is 33.2 Å². The summed E-state index contributed by atoms with van der Waals surface area (Å²) in [6.45, 7) is 0. The van der Waals surface area contributed by atoms with Crippen LogP contribution < -0.4 is 4.74 Å². The number of hydrogen-bond acceptors (Lipinski definition) is 5. The van der Waals surface area contributed by atoms with E-state index < -0.39 is 0 Å². The quantitative estimate of drug-likeness (QED) is 0.201. The van der Waals surface area contributed by atoms with Gasteiger partial charge >= 0.3 is 21.1 Å². The van der Waals surface area contributed by atoms with Gasteiger partial charge in [0.2, 0.25) is 0 Å². The Kier molecular flexibility index (Phi) is 5.75. The molecule has 2 heterocycles. The Hall–Kier alpha value is -3.27. The average molecular weight is 654 g/mol. The molecule has 5 aromatic rings.